The van der Waals surface area contributed by atoms with Crippen molar-refractivity contribution in [3.63, 3.8) is 0 Å². The predicted octanol–water partition coefficient (Wildman–Crippen LogP) is 9.04. The largest absolute Gasteiger partial charge is 4.00 e. The molecule has 0 fully saturated rings. The Morgan fingerprint density at radius 3 is 2.06 bits per heavy atom. The van der Waals surface area contributed by atoms with Crippen LogP contribution in [-0.4, -0.2) is 21.6 Å². The maximum atomic E-state index is 4.69. The van der Waals surface area contributed by atoms with Gasteiger partial charge in [0, 0.05) is 23.3 Å². The van der Waals surface area contributed by atoms with Gasteiger partial charge in [0.1, 0.15) is 11.6 Å². The molecule has 10 rings (SSSR count). The summed E-state index contributed by atoms with van der Waals surface area (Å²) in [5.41, 5.74) is 10.3. The van der Waals surface area contributed by atoms with Crippen molar-refractivity contribution < 1.29 is 21.1 Å². The van der Waals surface area contributed by atoms with Crippen LogP contribution in [0.3, 0.4) is 0 Å². The maximum Gasteiger partial charge on any atom is 4.00 e. The number of para-hydroxylation sites is 2. The Kier molecular flexibility index (Phi) is 6.82. The Morgan fingerprint density at radius 1 is 0.612 bits per heavy atom. The van der Waals surface area contributed by atoms with E-state index < -0.39 is 5.41 Å². The molecular formula is C43H27N5Pt. The van der Waals surface area contributed by atoms with E-state index in [1.807, 2.05) is 30.7 Å². The predicted molar refractivity (Wildman–Crippen MR) is 191 cm³/mol. The second-order valence-electron chi connectivity index (χ2n) is 12.3. The molecule has 2 aliphatic rings. The molecule has 0 radical (unpaired) electrons. The molecule has 5 nitrogen and oxygen atoms in total. The van der Waals surface area contributed by atoms with Crippen LogP contribution in [0.15, 0.2) is 140 Å². The number of aromatic nitrogens is 3. The number of anilines is 3. The van der Waals surface area contributed by atoms with Crippen molar-refractivity contribution >= 4 is 39.1 Å². The van der Waals surface area contributed by atoms with Gasteiger partial charge < -0.3 is 14.4 Å². The summed E-state index contributed by atoms with van der Waals surface area (Å²) in [6.07, 6.45) is 3.47. The number of benzene rings is 6. The number of hydrogen-bond donors (Lipinski definition) is 0. The minimum absolute atomic E-state index is 0. The van der Waals surface area contributed by atoms with Crippen LogP contribution >= 0.6 is 0 Å². The number of rotatable bonds is 4. The normalized spacial score (nSPS) is 14.1. The summed E-state index contributed by atoms with van der Waals surface area (Å²) in [5.74, 6) is 1.60. The third-order valence-electron chi connectivity index (χ3n) is 9.83. The zero-order valence-electron chi connectivity index (χ0n) is 26.4. The summed E-state index contributed by atoms with van der Waals surface area (Å²) in [7, 11) is 2.00. The van der Waals surface area contributed by atoms with Gasteiger partial charge >= 0.3 is 21.1 Å². The van der Waals surface area contributed by atoms with Crippen molar-refractivity contribution in [2.45, 2.75) is 5.41 Å². The van der Waals surface area contributed by atoms with Crippen LogP contribution in [0.5, 0.6) is 0 Å². The molecule has 0 N–H and O–H groups in total. The molecule has 2 aromatic heterocycles. The summed E-state index contributed by atoms with van der Waals surface area (Å²) in [5, 5.41) is 2.35. The summed E-state index contributed by atoms with van der Waals surface area (Å²) < 4.78 is 2.29. The quantitative estimate of drug-likeness (QED) is 0.167. The van der Waals surface area contributed by atoms with Gasteiger partial charge in [-0.15, -0.1) is 34.9 Å². The monoisotopic (exact) mass is 808 g/mol. The van der Waals surface area contributed by atoms with Crippen molar-refractivity contribution in [3.8, 4) is 16.8 Å². The van der Waals surface area contributed by atoms with Gasteiger partial charge in [-0.2, -0.15) is 66.7 Å². The molecule has 6 aromatic carbocycles. The second-order valence-corrected chi connectivity index (χ2v) is 12.3. The maximum absolute atomic E-state index is 4.69. The fraction of sp³-hybridized carbons (Fsp3) is 0.0465. The standard InChI is InChI=1S/C43H27N5.Pt/c1-46-28-47(42-41(46)44-24-25-45-42)32-15-11-12-29(26-32)43(37-19-8-5-16-33(37)34-17-6-9-20-38(34)43)30-22-23-36-35-18-7-10-21-39(35)48(40(36)27-30)31-13-3-2-4-14-31;/h2-13,15-25,28H,1H3;/q-4;+4. The molecule has 0 amide bonds. The molecule has 1 aliphatic heterocycles. The first-order valence-electron chi connectivity index (χ1n) is 16.1. The fourth-order valence-electron chi connectivity index (χ4n) is 7.86. The Morgan fingerprint density at radius 2 is 1.29 bits per heavy atom. The summed E-state index contributed by atoms with van der Waals surface area (Å²) in [6, 6.07) is 56.7. The molecule has 6 heteroatoms. The molecule has 0 spiro atoms. The summed E-state index contributed by atoms with van der Waals surface area (Å²) >= 11 is 0. The molecule has 1 aliphatic carbocycles. The Bertz CT molecular complexity index is 2490. The van der Waals surface area contributed by atoms with E-state index in [-0.39, 0.29) is 21.1 Å². The molecule has 234 valence electrons. The van der Waals surface area contributed by atoms with Crippen molar-refractivity contribution in [1.82, 2.24) is 14.5 Å². The minimum atomic E-state index is -0.685. The van der Waals surface area contributed by atoms with Gasteiger partial charge in [-0.25, -0.2) is 9.97 Å². The first kappa shape index (κ1) is 29.6. The van der Waals surface area contributed by atoms with Gasteiger partial charge in [-0.3, -0.25) is 0 Å². The first-order chi connectivity index (χ1) is 23.7. The van der Waals surface area contributed by atoms with Crippen LogP contribution in [0.4, 0.5) is 17.3 Å². The van der Waals surface area contributed by atoms with Gasteiger partial charge in [-0.05, 0) is 40.8 Å². The average molecular weight is 809 g/mol. The summed E-state index contributed by atoms with van der Waals surface area (Å²) in [6.45, 7) is 2.02. The van der Waals surface area contributed by atoms with Crippen LogP contribution in [0.1, 0.15) is 22.3 Å². The van der Waals surface area contributed by atoms with Crippen LogP contribution in [-0.2, 0) is 26.5 Å². The Balaban J connectivity index is 0.00000325. The molecule has 0 atom stereocenters. The average Bonchev–Trinajstić information content (AvgIpc) is 3.78. The van der Waals surface area contributed by atoms with Gasteiger partial charge in [-0.1, -0.05) is 77.9 Å². The van der Waals surface area contributed by atoms with Gasteiger partial charge in [0.05, 0.1) is 0 Å². The van der Waals surface area contributed by atoms with Crippen LogP contribution < -0.4 is 9.80 Å². The molecule has 0 saturated carbocycles. The SMILES string of the molecule is CN1[CH-]N(c2[c-]c(C3(c4[c-]c5c(cc4)c4ccccc4n5-c4[c-]cccc4)c4ccccc4-c4ccccc43)ccc2)c2nccnc21.[Pt+4]. The van der Waals surface area contributed by atoms with E-state index >= 15 is 0 Å². The van der Waals surface area contributed by atoms with E-state index in [0.717, 1.165) is 50.6 Å². The molecule has 0 saturated heterocycles. The molecule has 8 aromatic rings. The van der Waals surface area contributed by atoms with E-state index in [9.17, 15) is 0 Å². The minimum Gasteiger partial charge on any atom is -0.487 e. The van der Waals surface area contributed by atoms with E-state index in [0.29, 0.717) is 0 Å². The van der Waals surface area contributed by atoms with E-state index in [1.165, 1.54) is 27.6 Å². The van der Waals surface area contributed by atoms with E-state index in [1.54, 1.807) is 12.4 Å². The molecule has 49 heavy (non-hydrogen) atoms. The third kappa shape index (κ3) is 4.15. The fourth-order valence-corrected chi connectivity index (χ4v) is 7.86. The van der Waals surface area contributed by atoms with E-state index in [4.69, 9.17) is 4.98 Å². The Labute approximate surface area is 299 Å². The van der Waals surface area contributed by atoms with Gasteiger partial charge in [0.15, 0.2) is 0 Å². The molecule has 0 bridgehead atoms. The molecule has 0 unspecified atom stereocenters. The van der Waals surface area contributed by atoms with Gasteiger partial charge in [0.2, 0.25) is 0 Å². The van der Waals surface area contributed by atoms with Crippen molar-refractivity contribution in [2.24, 2.45) is 0 Å². The Hall–Kier alpha value is -5.51. The van der Waals surface area contributed by atoms with Gasteiger partial charge in [0.25, 0.3) is 0 Å². The zero-order chi connectivity index (χ0) is 31.8. The molecular weight excluding hydrogens is 782 g/mol. The zero-order valence-corrected chi connectivity index (χ0v) is 28.7. The number of fused-ring (bicyclic) bond motifs is 7. The van der Waals surface area contributed by atoms with Crippen molar-refractivity contribution in [2.75, 3.05) is 16.8 Å². The third-order valence-corrected chi connectivity index (χ3v) is 9.83. The topological polar surface area (TPSA) is 37.2 Å². The van der Waals surface area contributed by atoms with Crippen LogP contribution in [0.2, 0.25) is 0 Å². The first-order valence-corrected chi connectivity index (χ1v) is 16.1. The van der Waals surface area contributed by atoms with Crippen LogP contribution in [0.25, 0.3) is 38.6 Å². The smallest absolute Gasteiger partial charge is 0.487 e. The molecule has 3 heterocycles. The second kappa shape index (κ2) is 11.3. The van der Waals surface area contributed by atoms with Crippen molar-refractivity contribution in [3.05, 3.63) is 187 Å². The summed E-state index contributed by atoms with van der Waals surface area (Å²) in [4.78, 5) is 13.3. The van der Waals surface area contributed by atoms with Crippen molar-refractivity contribution in [1.29, 1.82) is 0 Å². The number of nitrogens with zero attached hydrogens (tertiary/aromatic N) is 5. The van der Waals surface area contributed by atoms with Crippen LogP contribution in [0, 0.1) is 24.9 Å². The number of hydrogen-bond acceptors (Lipinski definition) is 4. The van der Waals surface area contributed by atoms with E-state index in [2.05, 4.69) is 148 Å².